The van der Waals surface area contributed by atoms with Crippen LogP contribution >= 0.6 is 0 Å². The molecule has 1 aliphatic heterocycles. The summed E-state index contributed by atoms with van der Waals surface area (Å²) in [5, 5.41) is 5.67. The van der Waals surface area contributed by atoms with Gasteiger partial charge in [0.25, 0.3) is 11.8 Å². The van der Waals surface area contributed by atoms with Crippen LogP contribution in [0, 0.1) is 0 Å². The molecule has 0 fully saturated rings. The highest BCUT2D eigenvalue weighted by Crippen LogP contribution is 2.35. The number of nitrogens with zero attached hydrogens (tertiary/aromatic N) is 1. The van der Waals surface area contributed by atoms with Crippen molar-refractivity contribution >= 4 is 33.2 Å². The zero-order valence-electron chi connectivity index (χ0n) is 18.8. The number of carbonyl (C=O) groups is 2. The van der Waals surface area contributed by atoms with Crippen LogP contribution in [0.2, 0.25) is 0 Å². The Kier molecular flexibility index (Phi) is 6.56. The van der Waals surface area contributed by atoms with E-state index in [1.165, 1.54) is 0 Å². The maximum Gasteiger partial charge on any atom is 0.267 e. The molecule has 176 valence electrons. The molecule has 0 unspecified atom stereocenters. The minimum atomic E-state index is -3.63. The number of para-hydroxylation sites is 3. The minimum absolute atomic E-state index is 0.179. The van der Waals surface area contributed by atoms with E-state index < -0.39 is 22.0 Å². The van der Waals surface area contributed by atoms with Crippen LogP contribution in [0.5, 0.6) is 5.75 Å². The Morgan fingerprint density at radius 2 is 1.62 bits per heavy atom. The van der Waals surface area contributed by atoms with Crippen LogP contribution in [0.4, 0.5) is 11.4 Å². The number of amides is 2. The maximum atomic E-state index is 13.1. The number of rotatable bonds is 6. The average Bonchev–Trinajstić information content (AvgIpc) is 2.83. The molecular weight excluding hydrogens is 454 g/mol. The lowest BCUT2D eigenvalue weighted by Crippen LogP contribution is -2.48. The van der Waals surface area contributed by atoms with E-state index in [1.54, 1.807) is 48.5 Å². The Bertz CT molecular complexity index is 1310. The molecule has 0 bridgehead atoms. The smallest absolute Gasteiger partial charge is 0.267 e. The number of carbonyl (C=O) groups excluding carboxylic acids is 2. The summed E-state index contributed by atoms with van der Waals surface area (Å²) in [6, 6.07) is 22.6. The molecule has 0 aliphatic carbocycles. The highest BCUT2D eigenvalue weighted by Gasteiger charge is 2.35. The van der Waals surface area contributed by atoms with Gasteiger partial charge in [-0.25, -0.2) is 8.42 Å². The lowest BCUT2D eigenvalue weighted by atomic mass is 10.1. The molecule has 1 aliphatic rings. The predicted molar refractivity (Wildman–Crippen MR) is 130 cm³/mol. The van der Waals surface area contributed by atoms with Gasteiger partial charge in [-0.1, -0.05) is 54.6 Å². The van der Waals surface area contributed by atoms with Gasteiger partial charge in [0.05, 0.1) is 35.8 Å². The van der Waals surface area contributed by atoms with E-state index in [1.807, 2.05) is 37.3 Å². The van der Waals surface area contributed by atoms with Crippen molar-refractivity contribution in [1.29, 1.82) is 0 Å². The van der Waals surface area contributed by atoms with Gasteiger partial charge in [-0.15, -0.1) is 0 Å². The molecular formula is C25H25N3O5S. The molecule has 8 nitrogen and oxygen atoms in total. The molecule has 34 heavy (non-hydrogen) atoms. The lowest BCUT2D eigenvalue weighted by molar-refractivity contribution is -0.122. The number of nitrogens with one attached hydrogen (secondary N) is 2. The molecule has 0 radical (unpaired) electrons. The van der Waals surface area contributed by atoms with E-state index >= 15 is 0 Å². The van der Waals surface area contributed by atoms with Gasteiger partial charge in [0.1, 0.15) is 5.75 Å². The first kappa shape index (κ1) is 23.3. The molecule has 1 heterocycles. The van der Waals surface area contributed by atoms with Crippen molar-refractivity contribution in [3.8, 4) is 5.75 Å². The summed E-state index contributed by atoms with van der Waals surface area (Å²) in [5.41, 5.74) is 1.92. The van der Waals surface area contributed by atoms with Gasteiger partial charge in [-0.05, 0) is 36.8 Å². The third kappa shape index (κ3) is 5.04. The molecule has 4 rings (SSSR count). The lowest BCUT2D eigenvalue weighted by Gasteiger charge is -2.33. The fourth-order valence-corrected chi connectivity index (χ4v) is 4.67. The Hall–Kier alpha value is -3.85. The zero-order chi connectivity index (χ0) is 24.3. The summed E-state index contributed by atoms with van der Waals surface area (Å²) >= 11 is 0. The van der Waals surface area contributed by atoms with Crippen LogP contribution in [0.25, 0.3) is 0 Å². The van der Waals surface area contributed by atoms with Crippen molar-refractivity contribution in [3.05, 3.63) is 90.0 Å². The number of hydrogen-bond donors (Lipinski definition) is 2. The number of ether oxygens (including phenoxy) is 1. The highest BCUT2D eigenvalue weighted by atomic mass is 32.2. The number of fused-ring (bicyclic) bond motifs is 1. The average molecular weight is 480 g/mol. The Balaban J connectivity index is 1.53. The molecule has 2 N–H and O–H groups in total. The van der Waals surface area contributed by atoms with Gasteiger partial charge in [0.2, 0.25) is 10.0 Å². The van der Waals surface area contributed by atoms with Crippen molar-refractivity contribution in [3.63, 3.8) is 0 Å². The summed E-state index contributed by atoms with van der Waals surface area (Å²) in [5.74, 6) is -0.610. The third-order valence-electron chi connectivity index (χ3n) is 5.50. The topological polar surface area (TPSA) is 105 Å². The highest BCUT2D eigenvalue weighted by molar-refractivity contribution is 7.92. The molecule has 3 aromatic rings. The van der Waals surface area contributed by atoms with Gasteiger partial charge in [-0.2, -0.15) is 0 Å². The number of hydrogen-bond acceptors (Lipinski definition) is 5. The first-order valence-electron chi connectivity index (χ1n) is 10.7. The van der Waals surface area contributed by atoms with Crippen LogP contribution in [0.1, 0.15) is 28.9 Å². The second kappa shape index (κ2) is 9.56. The standard InChI is InChI=1S/C25H25N3O5S/c1-17(18-10-4-3-5-11-18)26-24(29)19-12-6-7-13-20(19)27-25(30)23-16-28(34(2,31)32)21-14-8-9-15-22(21)33-23/h3-15,17,23H,16H2,1-2H3,(H,26,29)(H,27,30)/t17-,23+/m1/s1. The van der Waals surface area contributed by atoms with Crippen LogP contribution in [-0.2, 0) is 14.8 Å². The molecule has 3 aromatic carbocycles. The predicted octanol–water partition coefficient (Wildman–Crippen LogP) is 3.34. The Morgan fingerprint density at radius 1 is 0.971 bits per heavy atom. The Labute approximate surface area is 198 Å². The van der Waals surface area contributed by atoms with E-state index in [2.05, 4.69) is 10.6 Å². The zero-order valence-corrected chi connectivity index (χ0v) is 19.6. The first-order chi connectivity index (χ1) is 16.2. The molecule has 9 heteroatoms. The fraction of sp³-hybridized carbons (Fsp3) is 0.200. The van der Waals surface area contributed by atoms with Gasteiger partial charge in [0.15, 0.2) is 6.10 Å². The number of sulfonamides is 1. The number of anilines is 2. The summed E-state index contributed by atoms with van der Waals surface area (Å²) < 4.78 is 31.6. The van der Waals surface area contributed by atoms with Crippen molar-refractivity contribution in [1.82, 2.24) is 5.32 Å². The summed E-state index contributed by atoms with van der Waals surface area (Å²) in [6.45, 7) is 1.70. The minimum Gasteiger partial charge on any atom is -0.476 e. The van der Waals surface area contributed by atoms with Crippen molar-refractivity contribution < 1.29 is 22.7 Å². The van der Waals surface area contributed by atoms with Gasteiger partial charge in [0, 0.05) is 0 Å². The summed E-state index contributed by atoms with van der Waals surface area (Å²) in [6.07, 6.45) is -0.0126. The normalized spacial score (nSPS) is 16.1. The van der Waals surface area contributed by atoms with E-state index in [-0.39, 0.29) is 24.1 Å². The van der Waals surface area contributed by atoms with E-state index in [9.17, 15) is 18.0 Å². The monoisotopic (exact) mass is 479 g/mol. The van der Waals surface area contributed by atoms with Crippen LogP contribution < -0.4 is 19.7 Å². The van der Waals surface area contributed by atoms with E-state index in [0.717, 1.165) is 16.1 Å². The second-order valence-corrected chi connectivity index (χ2v) is 9.92. The van der Waals surface area contributed by atoms with Crippen molar-refractivity contribution in [2.24, 2.45) is 0 Å². The quantitative estimate of drug-likeness (QED) is 0.564. The molecule has 0 saturated heterocycles. The molecule has 2 amide bonds. The van der Waals surface area contributed by atoms with E-state index in [4.69, 9.17) is 4.74 Å². The fourth-order valence-electron chi connectivity index (χ4n) is 3.76. The third-order valence-corrected chi connectivity index (χ3v) is 6.65. The molecule has 2 atom stereocenters. The van der Waals surface area contributed by atoms with Crippen molar-refractivity contribution in [2.45, 2.75) is 19.1 Å². The first-order valence-corrected chi connectivity index (χ1v) is 12.6. The van der Waals surface area contributed by atoms with Gasteiger partial charge in [-0.3, -0.25) is 13.9 Å². The SMILES string of the molecule is C[C@@H](NC(=O)c1ccccc1NC(=O)[C@@H]1CN(S(C)(=O)=O)c2ccccc2O1)c1ccccc1. The van der Waals surface area contributed by atoms with Crippen molar-refractivity contribution in [2.75, 3.05) is 22.4 Å². The van der Waals surface area contributed by atoms with Crippen LogP contribution in [0.15, 0.2) is 78.9 Å². The second-order valence-electron chi connectivity index (χ2n) is 8.01. The van der Waals surface area contributed by atoms with Crippen LogP contribution in [-0.4, -0.2) is 39.1 Å². The number of benzene rings is 3. The Morgan fingerprint density at radius 3 is 2.35 bits per heavy atom. The maximum absolute atomic E-state index is 13.1. The molecule has 0 aromatic heterocycles. The summed E-state index contributed by atoms with van der Waals surface area (Å²) in [7, 11) is -3.63. The summed E-state index contributed by atoms with van der Waals surface area (Å²) in [4.78, 5) is 26.1. The molecule has 0 spiro atoms. The molecule has 0 saturated carbocycles. The van der Waals surface area contributed by atoms with Gasteiger partial charge >= 0.3 is 0 Å². The largest absolute Gasteiger partial charge is 0.476 e. The van der Waals surface area contributed by atoms with Gasteiger partial charge < -0.3 is 15.4 Å². The van der Waals surface area contributed by atoms with E-state index in [0.29, 0.717) is 17.1 Å². The van der Waals surface area contributed by atoms with Crippen LogP contribution in [0.3, 0.4) is 0 Å².